The predicted octanol–water partition coefficient (Wildman–Crippen LogP) is 2.85. The molecule has 0 amide bonds. The summed E-state index contributed by atoms with van der Waals surface area (Å²) in [7, 11) is 4.30. The largest absolute Gasteiger partial charge is 0.244 e. The van der Waals surface area contributed by atoms with Gasteiger partial charge in [-0.2, -0.15) is 0 Å². The summed E-state index contributed by atoms with van der Waals surface area (Å²) in [4.78, 5) is 0. The highest BCUT2D eigenvalue weighted by Crippen LogP contribution is 2.36. The van der Waals surface area contributed by atoms with Crippen LogP contribution in [0.5, 0.6) is 0 Å². The van der Waals surface area contributed by atoms with Gasteiger partial charge in [0.25, 0.3) is 0 Å². The normalized spacial score (nSPS) is 28.5. The minimum absolute atomic E-state index is 0.148. The molecule has 2 nitrogen and oxygen atoms in total. The fraction of sp³-hybridized carbons (Fsp3) is 0.500. The topological polar surface area (TPSA) is 6.48 Å². The van der Waals surface area contributed by atoms with Crippen LogP contribution in [0.15, 0.2) is 28.7 Å². The van der Waals surface area contributed by atoms with Crippen molar-refractivity contribution in [3.8, 4) is 0 Å². The molecule has 0 bridgehead atoms. The minimum atomic E-state index is 0.148. The quantitative estimate of drug-likeness (QED) is 0.773. The molecule has 0 aromatic heterocycles. The Balaban J connectivity index is 2.33. The van der Waals surface area contributed by atoms with Gasteiger partial charge in [-0.1, -0.05) is 28.1 Å². The van der Waals surface area contributed by atoms with Gasteiger partial charge < -0.3 is 0 Å². The van der Waals surface area contributed by atoms with Gasteiger partial charge in [0.1, 0.15) is 0 Å². The molecule has 15 heavy (non-hydrogen) atoms. The molecule has 1 fully saturated rings. The molecule has 0 aliphatic carbocycles. The third kappa shape index (κ3) is 1.84. The molecule has 1 unspecified atom stereocenters. The summed E-state index contributed by atoms with van der Waals surface area (Å²) in [6, 6.07) is 8.65. The molecule has 1 aromatic carbocycles. The first-order valence-corrected chi connectivity index (χ1v) is 6.04. The van der Waals surface area contributed by atoms with Crippen LogP contribution in [-0.2, 0) is 5.54 Å². The highest BCUT2D eigenvalue weighted by molar-refractivity contribution is 9.10. The Kier molecular flexibility index (Phi) is 2.88. The number of rotatable bonds is 1. The van der Waals surface area contributed by atoms with Crippen molar-refractivity contribution in [2.45, 2.75) is 18.9 Å². The second-order valence-corrected chi connectivity index (χ2v) is 5.35. The first-order chi connectivity index (χ1) is 7.04. The fourth-order valence-electron chi connectivity index (χ4n) is 2.21. The van der Waals surface area contributed by atoms with Crippen molar-refractivity contribution in [2.24, 2.45) is 0 Å². The molecule has 82 valence electrons. The number of nitrogens with zero attached hydrogens (tertiary/aromatic N) is 2. The second-order valence-electron chi connectivity index (χ2n) is 4.44. The van der Waals surface area contributed by atoms with E-state index in [9.17, 15) is 0 Å². The lowest BCUT2D eigenvalue weighted by atomic mass is 9.90. The van der Waals surface area contributed by atoms with Crippen LogP contribution in [0.25, 0.3) is 0 Å². The summed E-state index contributed by atoms with van der Waals surface area (Å²) in [5.41, 5.74) is 1.53. The lowest BCUT2D eigenvalue weighted by Gasteiger charge is -2.35. The SMILES string of the molecule is CN1CCC(C)(c2ccc(Br)cc2)N1C. The van der Waals surface area contributed by atoms with Crippen LogP contribution in [-0.4, -0.2) is 30.7 Å². The molecule has 1 saturated heterocycles. The zero-order valence-electron chi connectivity index (χ0n) is 9.50. The van der Waals surface area contributed by atoms with E-state index < -0.39 is 0 Å². The average Bonchev–Trinajstić information content (AvgIpc) is 2.48. The Morgan fingerprint density at radius 2 is 1.80 bits per heavy atom. The number of hydrogen-bond donors (Lipinski definition) is 0. The first kappa shape index (κ1) is 11.1. The summed E-state index contributed by atoms with van der Waals surface area (Å²) >= 11 is 3.47. The zero-order chi connectivity index (χ0) is 11.1. The van der Waals surface area contributed by atoms with Gasteiger partial charge >= 0.3 is 0 Å². The Morgan fingerprint density at radius 1 is 1.20 bits per heavy atom. The Morgan fingerprint density at radius 3 is 2.27 bits per heavy atom. The molecule has 0 N–H and O–H groups in total. The highest BCUT2D eigenvalue weighted by atomic mass is 79.9. The van der Waals surface area contributed by atoms with E-state index in [0.717, 1.165) is 11.0 Å². The predicted molar refractivity (Wildman–Crippen MR) is 66.5 cm³/mol. The Hall–Kier alpha value is -0.380. The lowest BCUT2D eigenvalue weighted by molar-refractivity contribution is 0.00357. The maximum Gasteiger partial charge on any atom is 0.0586 e. The van der Waals surface area contributed by atoms with Gasteiger partial charge in [0.05, 0.1) is 5.54 Å². The first-order valence-electron chi connectivity index (χ1n) is 5.25. The summed E-state index contributed by atoms with van der Waals surface area (Å²) in [5, 5.41) is 4.61. The van der Waals surface area contributed by atoms with Gasteiger partial charge in [0, 0.05) is 25.1 Å². The van der Waals surface area contributed by atoms with Gasteiger partial charge in [-0.15, -0.1) is 0 Å². The Labute approximate surface area is 100.0 Å². The number of hydrogen-bond acceptors (Lipinski definition) is 2. The van der Waals surface area contributed by atoms with Crippen molar-refractivity contribution >= 4 is 15.9 Å². The van der Waals surface area contributed by atoms with E-state index in [-0.39, 0.29) is 5.54 Å². The van der Waals surface area contributed by atoms with Crippen LogP contribution >= 0.6 is 15.9 Å². The molecular weight excluding hydrogens is 252 g/mol. The van der Waals surface area contributed by atoms with Crippen LogP contribution < -0.4 is 0 Å². The Bertz CT molecular complexity index is 349. The average molecular weight is 269 g/mol. The van der Waals surface area contributed by atoms with Crippen molar-refractivity contribution in [2.75, 3.05) is 20.6 Å². The van der Waals surface area contributed by atoms with Gasteiger partial charge in [-0.3, -0.25) is 0 Å². The van der Waals surface area contributed by atoms with Crippen molar-refractivity contribution in [1.82, 2.24) is 10.0 Å². The third-order valence-corrected chi connectivity index (χ3v) is 4.14. The molecule has 3 heteroatoms. The fourth-order valence-corrected chi connectivity index (χ4v) is 2.47. The molecule has 0 radical (unpaired) electrons. The minimum Gasteiger partial charge on any atom is -0.244 e. The van der Waals surface area contributed by atoms with E-state index in [0.29, 0.717) is 0 Å². The number of halogens is 1. The smallest absolute Gasteiger partial charge is 0.0586 e. The third-order valence-electron chi connectivity index (χ3n) is 3.61. The molecule has 1 heterocycles. The van der Waals surface area contributed by atoms with E-state index in [4.69, 9.17) is 0 Å². The number of benzene rings is 1. The van der Waals surface area contributed by atoms with Crippen molar-refractivity contribution < 1.29 is 0 Å². The summed E-state index contributed by atoms with van der Waals surface area (Å²) < 4.78 is 1.14. The van der Waals surface area contributed by atoms with E-state index in [1.807, 2.05) is 0 Å². The van der Waals surface area contributed by atoms with Crippen LogP contribution in [0.3, 0.4) is 0 Å². The second kappa shape index (κ2) is 3.89. The molecule has 1 aliphatic heterocycles. The monoisotopic (exact) mass is 268 g/mol. The van der Waals surface area contributed by atoms with E-state index in [1.54, 1.807) is 0 Å². The summed E-state index contributed by atoms with van der Waals surface area (Å²) in [6.45, 7) is 3.43. The maximum absolute atomic E-state index is 3.47. The summed E-state index contributed by atoms with van der Waals surface area (Å²) in [5.74, 6) is 0. The maximum atomic E-state index is 3.47. The molecule has 2 rings (SSSR count). The van der Waals surface area contributed by atoms with Crippen molar-refractivity contribution in [1.29, 1.82) is 0 Å². The van der Waals surface area contributed by atoms with E-state index in [2.05, 4.69) is 71.2 Å². The molecule has 1 aromatic rings. The standard InChI is InChI=1S/C12H17BrN2/c1-12(8-9-14(2)15(12)3)10-4-6-11(13)7-5-10/h4-7H,8-9H2,1-3H3. The molecule has 0 saturated carbocycles. The zero-order valence-corrected chi connectivity index (χ0v) is 11.1. The van der Waals surface area contributed by atoms with Crippen molar-refractivity contribution in [3.05, 3.63) is 34.3 Å². The molecular formula is C12H17BrN2. The van der Waals surface area contributed by atoms with Gasteiger partial charge in [0.15, 0.2) is 0 Å². The van der Waals surface area contributed by atoms with E-state index in [1.165, 1.54) is 12.0 Å². The van der Waals surface area contributed by atoms with Crippen LogP contribution in [0, 0.1) is 0 Å². The van der Waals surface area contributed by atoms with Gasteiger partial charge in [-0.25, -0.2) is 10.0 Å². The van der Waals surface area contributed by atoms with E-state index >= 15 is 0 Å². The molecule has 0 spiro atoms. The van der Waals surface area contributed by atoms with Crippen LogP contribution in [0.4, 0.5) is 0 Å². The lowest BCUT2D eigenvalue weighted by Crippen LogP contribution is -2.41. The highest BCUT2D eigenvalue weighted by Gasteiger charge is 2.38. The number of hydrazine groups is 1. The van der Waals surface area contributed by atoms with Crippen molar-refractivity contribution in [3.63, 3.8) is 0 Å². The van der Waals surface area contributed by atoms with Gasteiger partial charge in [0.2, 0.25) is 0 Å². The molecule has 1 aliphatic rings. The molecule has 1 atom stereocenters. The summed E-state index contributed by atoms with van der Waals surface area (Å²) in [6.07, 6.45) is 1.18. The van der Waals surface area contributed by atoms with Crippen LogP contribution in [0.1, 0.15) is 18.9 Å². The van der Waals surface area contributed by atoms with Crippen LogP contribution in [0.2, 0.25) is 0 Å². The van der Waals surface area contributed by atoms with Gasteiger partial charge in [-0.05, 0) is 31.0 Å².